The second kappa shape index (κ2) is 13.2. The lowest BCUT2D eigenvalue weighted by atomic mass is 10.1. The maximum absolute atomic E-state index is 15.6. The highest BCUT2D eigenvalue weighted by molar-refractivity contribution is 6.34. The molecule has 1 aliphatic heterocycles. The summed E-state index contributed by atoms with van der Waals surface area (Å²) in [5, 5.41) is 9.88. The van der Waals surface area contributed by atoms with Crippen LogP contribution in [0.15, 0.2) is 59.4 Å². The van der Waals surface area contributed by atoms with Crippen LogP contribution in [-0.4, -0.2) is 44.5 Å². The van der Waals surface area contributed by atoms with Crippen molar-refractivity contribution in [2.75, 3.05) is 23.8 Å². The third-order valence-corrected chi connectivity index (χ3v) is 7.08. The summed E-state index contributed by atoms with van der Waals surface area (Å²) in [6.45, 7) is 3.31. The number of aromatic nitrogens is 4. The van der Waals surface area contributed by atoms with E-state index in [1.54, 1.807) is 6.92 Å². The molecule has 2 aromatic heterocycles. The molecule has 1 aliphatic rings. The maximum atomic E-state index is 15.6. The van der Waals surface area contributed by atoms with Crippen molar-refractivity contribution < 1.29 is 23.0 Å². The standard InChI is InChI=1S/C29H29ClF2N6O4/c1-2-37-24(17-42-16-18-7-4-3-5-8-18)36-38(29(37)40)27-23(32)15-20(26(35-27)33-19-11-13-41-14-12-19)28(39)34-25-21(30)9-6-10-22(25)31/h3-10,15,19H,2,11-14,16-17H2,1H3,(H,33,35)(H,34,39). The molecule has 220 valence electrons. The van der Waals surface area contributed by atoms with E-state index in [4.69, 9.17) is 21.1 Å². The Bertz CT molecular complexity index is 1600. The minimum absolute atomic E-state index is 0.00286. The van der Waals surface area contributed by atoms with Crippen molar-refractivity contribution in [3.8, 4) is 5.82 Å². The molecule has 0 aliphatic carbocycles. The molecule has 0 saturated carbocycles. The fraction of sp³-hybridized carbons (Fsp3) is 0.310. The van der Waals surface area contributed by atoms with Crippen LogP contribution >= 0.6 is 11.6 Å². The number of carbonyl (C=O) groups excluding carboxylic acids is 1. The Kier molecular flexibility index (Phi) is 9.25. The molecule has 2 N–H and O–H groups in total. The molecule has 0 bridgehead atoms. The summed E-state index contributed by atoms with van der Waals surface area (Å²) in [5.74, 6) is -2.67. The number of amides is 1. The minimum atomic E-state index is -0.975. The van der Waals surface area contributed by atoms with Gasteiger partial charge in [0.1, 0.15) is 18.2 Å². The number of rotatable bonds is 10. The van der Waals surface area contributed by atoms with Gasteiger partial charge in [0.2, 0.25) is 0 Å². The van der Waals surface area contributed by atoms with Crippen molar-refractivity contribution >= 4 is 29.0 Å². The van der Waals surface area contributed by atoms with Crippen molar-refractivity contribution in [2.45, 2.75) is 45.6 Å². The first-order valence-electron chi connectivity index (χ1n) is 13.5. The predicted octanol–water partition coefficient (Wildman–Crippen LogP) is 4.94. The molecule has 0 unspecified atom stereocenters. The summed E-state index contributed by atoms with van der Waals surface area (Å²) in [6.07, 6.45) is 1.23. The zero-order valence-corrected chi connectivity index (χ0v) is 23.5. The Balaban J connectivity index is 1.48. The number of halogens is 3. The first kappa shape index (κ1) is 29.4. The third kappa shape index (κ3) is 6.51. The van der Waals surface area contributed by atoms with E-state index in [0.717, 1.165) is 22.4 Å². The lowest BCUT2D eigenvalue weighted by molar-refractivity contribution is 0.0903. The van der Waals surface area contributed by atoms with E-state index in [1.165, 1.54) is 16.7 Å². The van der Waals surface area contributed by atoms with E-state index in [0.29, 0.717) is 32.7 Å². The molecule has 10 nitrogen and oxygen atoms in total. The topological polar surface area (TPSA) is 112 Å². The van der Waals surface area contributed by atoms with Gasteiger partial charge in [0, 0.05) is 25.8 Å². The number of para-hydroxylation sites is 1. The first-order chi connectivity index (χ1) is 20.4. The summed E-state index contributed by atoms with van der Waals surface area (Å²) >= 11 is 6.08. The summed E-state index contributed by atoms with van der Waals surface area (Å²) in [4.78, 5) is 30.9. The SMILES string of the molecule is CCn1c(COCc2ccccc2)nn(-c2nc(NC3CCOCC3)c(C(=O)Nc3c(F)cccc3Cl)cc2F)c1=O. The number of carbonyl (C=O) groups is 1. The summed E-state index contributed by atoms with van der Waals surface area (Å²) < 4.78 is 43.4. The van der Waals surface area contributed by atoms with E-state index in [1.807, 2.05) is 30.3 Å². The van der Waals surface area contributed by atoms with Crippen molar-refractivity contribution in [3.63, 3.8) is 0 Å². The lowest BCUT2D eigenvalue weighted by Crippen LogP contribution is -2.31. The van der Waals surface area contributed by atoms with Gasteiger partial charge < -0.3 is 20.1 Å². The average Bonchev–Trinajstić information content (AvgIpc) is 3.31. The largest absolute Gasteiger partial charge is 0.381 e. The third-order valence-electron chi connectivity index (χ3n) is 6.76. The number of hydrogen-bond acceptors (Lipinski definition) is 7. The van der Waals surface area contributed by atoms with E-state index in [9.17, 15) is 14.0 Å². The average molecular weight is 599 g/mol. The number of nitrogens with zero attached hydrogens (tertiary/aromatic N) is 4. The van der Waals surface area contributed by atoms with Crippen LogP contribution in [0.1, 0.15) is 41.5 Å². The van der Waals surface area contributed by atoms with Crippen LogP contribution in [0, 0.1) is 11.6 Å². The van der Waals surface area contributed by atoms with Crippen LogP contribution < -0.4 is 16.3 Å². The fourth-order valence-corrected chi connectivity index (χ4v) is 4.79. The van der Waals surface area contributed by atoms with Crippen molar-refractivity contribution in [3.05, 3.63) is 98.7 Å². The van der Waals surface area contributed by atoms with Gasteiger partial charge in [0.05, 0.1) is 22.9 Å². The van der Waals surface area contributed by atoms with Gasteiger partial charge in [-0.3, -0.25) is 9.36 Å². The summed E-state index contributed by atoms with van der Waals surface area (Å²) in [5.41, 5.74) is -0.112. The van der Waals surface area contributed by atoms with Gasteiger partial charge >= 0.3 is 5.69 Å². The Morgan fingerprint density at radius 3 is 2.57 bits per heavy atom. The molecular formula is C29H29ClF2N6O4. The van der Waals surface area contributed by atoms with Gasteiger partial charge in [-0.05, 0) is 43.5 Å². The Labute approximate surface area is 245 Å². The summed E-state index contributed by atoms with van der Waals surface area (Å²) in [7, 11) is 0. The molecule has 3 heterocycles. The van der Waals surface area contributed by atoms with E-state index in [2.05, 4.69) is 20.7 Å². The molecule has 0 radical (unpaired) electrons. The van der Waals surface area contributed by atoms with Crippen LogP contribution in [0.4, 0.5) is 20.3 Å². The first-order valence-corrected chi connectivity index (χ1v) is 13.8. The molecule has 1 amide bonds. The molecule has 4 aromatic rings. The molecule has 13 heteroatoms. The fourth-order valence-electron chi connectivity index (χ4n) is 4.58. The van der Waals surface area contributed by atoms with Crippen LogP contribution in [0.5, 0.6) is 0 Å². The van der Waals surface area contributed by atoms with Crippen LogP contribution in [0.25, 0.3) is 5.82 Å². The van der Waals surface area contributed by atoms with Gasteiger partial charge in [-0.25, -0.2) is 18.6 Å². The lowest BCUT2D eigenvalue weighted by Gasteiger charge is -2.25. The zero-order valence-electron chi connectivity index (χ0n) is 22.8. The highest BCUT2D eigenvalue weighted by Crippen LogP contribution is 2.28. The predicted molar refractivity (Wildman–Crippen MR) is 153 cm³/mol. The van der Waals surface area contributed by atoms with Gasteiger partial charge in [-0.15, -0.1) is 5.10 Å². The second-order valence-corrected chi connectivity index (χ2v) is 10.0. The smallest absolute Gasteiger partial charge is 0.352 e. The maximum Gasteiger partial charge on any atom is 0.352 e. The number of benzene rings is 2. The molecule has 42 heavy (non-hydrogen) atoms. The van der Waals surface area contributed by atoms with Crippen LogP contribution in [0.2, 0.25) is 5.02 Å². The molecular weight excluding hydrogens is 570 g/mol. The van der Waals surface area contributed by atoms with Gasteiger partial charge in [-0.1, -0.05) is 48.0 Å². The van der Waals surface area contributed by atoms with Gasteiger partial charge in [0.15, 0.2) is 17.5 Å². The van der Waals surface area contributed by atoms with Crippen LogP contribution in [-0.2, 0) is 29.2 Å². The molecule has 0 spiro atoms. The van der Waals surface area contributed by atoms with E-state index in [-0.39, 0.29) is 47.1 Å². The number of ether oxygens (including phenoxy) is 2. The quantitative estimate of drug-likeness (QED) is 0.266. The number of pyridine rings is 1. The van der Waals surface area contributed by atoms with Crippen molar-refractivity contribution in [1.29, 1.82) is 0 Å². The Morgan fingerprint density at radius 1 is 1.10 bits per heavy atom. The molecule has 0 atom stereocenters. The number of nitrogens with one attached hydrogen (secondary N) is 2. The van der Waals surface area contributed by atoms with Gasteiger partial charge in [0.25, 0.3) is 5.91 Å². The molecule has 1 fully saturated rings. The highest BCUT2D eigenvalue weighted by atomic mass is 35.5. The summed E-state index contributed by atoms with van der Waals surface area (Å²) in [6, 6.07) is 14.3. The zero-order chi connectivity index (χ0) is 29.6. The molecule has 1 saturated heterocycles. The van der Waals surface area contributed by atoms with E-state index >= 15 is 4.39 Å². The van der Waals surface area contributed by atoms with E-state index < -0.39 is 29.0 Å². The second-order valence-electron chi connectivity index (χ2n) is 9.60. The van der Waals surface area contributed by atoms with Crippen LogP contribution in [0.3, 0.4) is 0 Å². The monoisotopic (exact) mass is 598 g/mol. The number of hydrogen-bond donors (Lipinski definition) is 2. The number of anilines is 2. The highest BCUT2D eigenvalue weighted by Gasteiger charge is 2.25. The minimum Gasteiger partial charge on any atom is -0.381 e. The van der Waals surface area contributed by atoms with Crippen molar-refractivity contribution in [2.24, 2.45) is 0 Å². The molecule has 2 aromatic carbocycles. The van der Waals surface area contributed by atoms with Crippen molar-refractivity contribution in [1.82, 2.24) is 19.3 Å². The van der Waals surface area contributed by atoms with Gasteiger partial charge in [-0.2, -0.15) is 4.68 Å². The Hall–Kier alpha value is -4.13. The normalized spacial score (nSPS) is 13.7. The Morgan fingerprint density at radius 2 is 1.86 bits per heavy atom. The molecule has 5 rings (SSSR count).